The van der Waals surface area contributed by atoms with E-state index >= 15 is 0 Å². The third-order valence-electron chi connectivity index (χ3n) is 11.6. The van der Waals surface area contributed by atoms with Crippen molar-refractivity contribution in [2.24, 2.45) is 0 Å². The molecule has 0 saturated heterocycles. The van der Waals surface area contributed by atoms with Gasteiger partial charge in [-0.15, -0.1) is 0 Å². The monoisotopic (exact) mass is 685 g/mol. The van der Waals surface area contributed by atoms with E-state index in [1.165, 1.54) is 250 Å². The summed E-state index contributed by atoms with van der Waals surface area (Å²) < 4.78 is 2.60. The molecule has 1 rings (SSSR count). The Bertz CT molecular complexity index is 753. The van der Waals surface area contributed by atoms with Gasteiger partial charge in [-0.2, -0.15) is 0 Å². The highest BCUT2D eigenvalue weighted by atomic mass is 15.1. The molecule has 2 atom stereocenters. The van der Waals surface area contributed by atoms with Crippen LogP contribution in [0.5, 0.6) is 0 Å². The molecule has 0 aliphatic heterocycles. The first-order chi connectivity index (χ1) is 24.2. The van der Waals surface area contributed by atoms with Crippen molar-refractivity contribution in [2.45, 2.75) is 284 Å². The van der Waals surface area contributed by atoms with E-state index in [-0.39, 0.29) is 0 Å². The van der Waals surface area contributed by atoms with Crippen LogP contribution in [0.25, 0.3) is 0 Å². The fourth-order valence-corrected chi connectivity index (χ4v) is 8.12. The van der Waals surface area contributed by atoms with Crippen LogP contribution in [-0.2, 0) is 0 Å². The molecule has 0 radical (unpaired) electrons. The maximum atomic E-state index is 5.05. The molecule has 49 heavy (non-hydrogen) atoms. The van der Waals surface area contributed by atoms with Crippen molar-refractivity contribution >= 4 is 0 Å². The fourth-order valence-electron chi connectivity index (χ4n) is 8.12. The molecule has 1 aromatic rings. The molecule has 0 aliphatic carbocycles. The summed E-state index contributed by atoms with van der Waals surface area (Å²) in [6.45, 7) is 9.41. The molecule has 290 valence electrons. The first-order valence-corrected chi connectivity index (χ1v) is 23.3. The summed E-state index contributed by atoms with van der Waals surface area (Å²) in [5, 5.41) is 0. The quantitative estimate of drug-likeness (QED) is 0.0629. The average Bonchev–Trinajstić information content (AvgIpc) is 3.60. The smallest absolute Gasteiger partial charge is 0.111 e. The molecule has 0 aliphatic rings. The topological polar surface area (TPSA) is 17.8 Å². The first kappa shape index (κ1) is 46.2. The van der Waals surface area contributed by atoms with Gasteiger partial charge in [0.2, 0.25) is 0 Å². The van der Waals surface area contributed by atoms with Crippen LogP contribution in [0.1, 0.15) is 289 Å². The van der Waals surface area contributed by atoms with Crippen LogP contribution in [0.2, 0.25) is 0 Å². The third-order valence-corrected chi connectivity index (χ3v) is 11.6. The van der Waals surface area contributed by atoms with Crippen LogP contribution in [0.4, 0.5) is 0 Å². The molecule has 0 N–H and O–H groups in total. The number of nitrogens with zero attached hydrogens (tertiary/aromatic N) is 2. The van der Waals surface area contributed by atoms with Crippen molar-refractivity contribution in [2.75, 3.05) is 0 Å². The van der Waals surface area contributed by atoms with Gasteiger partial charge in [-0.3, -0.25) is 0 Å². The zero-order chi connectivity index (χ0) is 35.3. The summed E-state index contributed by atoms with van der Waals surface area (Å²) in [4.78, 5) is 5.05. The van der Waals surface area contributed by atoms with E-state index < -0.39 is 0 Å². The molecule has 2 heteroatoms. The molecule has 0 aromatic carbocycles. The van der Waals surface area contributed by atoms with Crippen LogP contribution in [0, 0.1) is 0 Å². The Labute approximate surface area is 310 Å². The number of imidazole rings is 1. The van der Waals surface area contributed by atoms with Gasteiger partial charge in [0.05, 0.1) is 0 Å². The molecular weight excluding hydrogens is 593 g/mol. The van der Waals surface area contributed by atoms with E-state index in [2.05, 4.69) is 44.7 Å². The van der Waals surface area contributed by atoms with Crippen LogP contribution in [0.3, 0.4) is 0 Å². The summed E-state index contributed by atoms with van der Waals surface area (Å²) in [6.07, 6.45) is 58.6. The highest BCUT2D eigenvalue weighted by Gasteiger charge is 2.19. The molecule has 2 nitrogen and oxygen atoms in total. The Morgan fingerprint density at radius 3 is 0.959 bits per heavy atom. The normalized spacial score (nSPS) is 13.0. The largest absolute Gasteiger partial charge is 0.332 e. The Morgan fingerprint density at radius 1 is 0.388 bits per heavy atom. The van der Waals surface area contributed by atoms with E-state index in [0.29, 0.717) is 12.0 Å². The van der Waals surface area contributed by atoms with Gasteiger partial charge in [-0.1, -0.05) is 245 Å². The van der Waals surface area contributed by atoms with Gasteiger partial charge >= 0.3 is 0 Å². The molecule has 0 spiro atoms. The zero-order valence-electron chi connectivity index (χ0n) is 34.6. The molecule has 2 unspecified atom stereocenters. The van der Waals surface area contributed by atoms with Crippen molar-refractivity contribution in [3.63, 3.8) is 0 Å². The minimum Gasteiger partial charge on any atom is -0.332 e. The lowest BCUT2D eigenvalue weighted by molar-refractivity contribution is 0.412. The van der Waals surface area contributed by atoms with Crippen molar-refractivity contribution < 1.29 is 0 Å². The minimum atomic E-state index is 0.586. The molecule has 0 saturated carbocycles. The number of unbranched alkanes of at least 4 members (excludes halogenated alkanes) is 32. The summed E-state index contributed by atoms with van der Waals surface area (Å²) in [5.74, 6) is 2.07. The van der Waals surface area contributed by atoms with Gasteiger partial charge in [0.1, 0.15) is 5.82 Å². The Morgan fingerprint density at radius 2 is 0.653 bits per heavy atom. The van der Waals surface area contributed by atoms with Gasteiger partial charge < -0.3 is 4.57 Å². The maximum absolute atomic E-state index is 5.05. The second kappa shape index (κ2) is 37.0. The molecular formula is C47H92N2. The second-order valence-electron chi connectivity index (χ2n) is 16.4. The lowest BCUT2D eigenvalue weighted by Crippen LogP contribution is -2.13. The van der Waals surface area contributed by atoms with E-state index in [1.807, 2.05) is 0 Å². The summed E-state index contributed by atoms with van der Waals surface area (Å²) >= 11 is 0. The van der Waals surface area contributed by atoms with Crippen molar-refractivity contribution in [3.05, 3.63) is 18.2 Å². The van der Waals surface area contributed by atoms with Gasteiger partial charge in [0.25, 0.3) is 0 Å². The average molecular weight is 685 g/mol. The predicted molar refractivity (Wildman–Crippen MR) is 222 cm³/mol. The zero-order valence-corrected chi connectivity index (χ0v) is 34.6. The van der Waals surface area contributed by atoms with E-state index in [9.17, 15) is 0 Å². The highest BCUT2D eigenvalue weighted by Crippen LogP contribution is 2.31. The molecule has 1 aromatic heterocycles. The molecule has 0 bridgehead atoms. The van der Waals surface area contributed by atoms with E-state index in [0.717, 1.165) is 0 Å². The lowest BCUT2D eigenvalue weighted by atomic mass is 9.92. The third kappa shape index (κ3) is 28.5. The van der Waals surface area contributed by atoms with E-state index in [1.54, 1.807) is 0 Å². The SMILES string of the molecule is CCCCCCCCCCCCCCCC(CCCCCCCCCCCC)c1nccn1C(C)CCCCCCCCCCCCCC. The van der Waals surface area contributed by atoms with Gasteiger partial charge in [-0.25, -0.2) is 4.98 Å². The number of hydrogen-bond acceptors (Lipinski definition) is 1. The molecule has 0 fully saturated rings. The summed E-state index contributed by atoms with van der Waals surface area (Å²) in [6, 6.07) is 0.586. The Kier molecular flexibility index (Phi) is 34.9. The summed E-state index contributed by atoms with van der Waals surface area (Å²) in [5.41, 5.74) is 0. The number of rotatable bonds is 40. The van der Waals surface area contributed by atoms with Crippen molar-refractivity contribution in [3.8, 4) is 0 Å². The van der Waals surface area contributed by atoms with Crippen molar-refractivity contribution in [1.82, 2.24) is 9.55 Å². The van der Waals surface area contributed by atoms with Crippen LogP contribution < -0.4 is 0 Å². The second-order valence-corrected chi connectivity index (χ2v) is 16.4. The number of aromatic nitrogens is 2. The van der Waals surface area contributed by atoms with Crippen LogP contribution in [0.15, 0.2) is 12.4 Å². The van der Waals surface area contributed by atoms with Gasteiger partial charge in [-0.05, 0) is 26.2 Å². The van der Waals surface area contributed by atoms with Crippen LogP contribution in [-0.4, -0.2) is 9.55 Å². The number of hydrogen-bond donors (Lipinski definition) is 0. The van der Waals surface area contributed by atoms with E-state index in [4.69, 9.17) is 4.98 Å². The minimum absolute atomic E-state index is 0.586. The Hall–Kier alpha value is -0.790. The van der Waals surface area contributed by atoms with Crippen molar-refractivity contribution in [1.29, 1.82) is 0 Å². The maximum Gasteiger partial charge on any atom is 0.111 e. The first-order valence-electron chi connectivity index (χ1n) is 23.3. The molecule has 0 amide bonds. The Balaban J connectivity index is 2.38. The standard InChI is InChI=1S/C47H92N2/c1-5-8-11-14-17-20-23-25-27-30-33-36-39-42-46(41-38-35-32-29-22-19-16-13-10-7-3)47-48-43-44-49(47)45(4)40-37-34-31-28-26-24-21-18-15-12-9-6-2/h43-46H,5-42H2,1-4H3. The highest BCUT2D eigenvalue weighted by molar-refractivity contribution is 5.02. The lowest BCUT2D eigenvalue weighted by Gasteiger charge is -2.22. The van der Waals surface area contributed by atoms with Gasteiger partial charge in [0, 0.05) is 24.4 Å². The van der Waals surface area contributed by atoms with Gasteiger partial charge in [0.15, 0.2) is 0 Å². The fraction of sp³-hybridized carbons (Fsp3) is 0.936. The predicted octanol–water partition coefficient (Wildman–Crippen LogP) is 17.4. The van der Waals surface area contributed by atoms with Crippen LogP contribution >= 0.6 is 0 Å². The molecule has 1 heterocycles. The summed E-state index contributed by atoms with van der Waals surface area (Å²) in [7, 11) is 0.